The second kappa shape index (κ2) is 3.53. The van der Waals surface area contributed by atoms with Crippen LogP contribution in [0, 0.1) is 0 Å². The monoisotopic (exact) mass is 143 g/mol. The Kier molecular flexibility index (Phi) is 2.65. The van der Waals surface area contributed by atoms with Gasteiger partial charge in [0, 0.05) is 26.2 Å². The molecule has 0 unspecified atom stereocenters. The molecular weight excluding hydrogens is 132 g/mol. The summed E-state index contributed by atoms with van der Waals surface area (Å²) in [7, 11) is 2.04. The van der Waals surface area contributed by atoms with Gasteiger partial charge in [-0.3, -0.25) is 0 Å². The molecule has 0 bridgehead atoms. The Balaban J connectivity index is 2.19. The molecule has 1 aliphatic heterocycles. The normalized spacial score (nSPS) is 22.5. The molecule has 1 rings (SSSR count). The zero-order chi connectivity index (χ0) is 7.40. The van der Waals surface area contributed by atoms with Gasteiger partial charge in [-0.25, -0.2) is 4.79 Å². The van der Waals surface area contributed by atoms with Gasteiger partial charge in [0.25, 0.3) is 0 Å². The largest absolute Gasteiger partial charge is 0.438 e. The Morgan fingerprint density at radius 3 is 2.40 bits per heavy atom. The molecule has 4 heteroatoms. The minimum absolute atomic E-state index is 0.783. The molecule has 1 radical (unpaired) electrons. The first-order valence-corrected chi connectivity index (χ1v) is 3.30. The third-order valence-electron chi connectivity index (χ3n) is 1.63. The highest BCUT2D eigenvalue weighted by molar-refractivity contribution is 5.37. The second-order valence-electron chi connectivity index (χ2n) is 2.41. The van der Waals surface area contributed by atoms with Crippen molar-refractivity contribution in [3.05, 3.63) is 0 Å². The van der Waals surface area contributed by atoms with Gasteiger partial charge in [0.15, 0.2) is 0 Å². The predicted molar refractivity (Wildman–Crippen MR) is 35.8 cm³/mol. The average molecular weight is 143 g/mol. The molecule has 0 aromatic heterocycles. The summed E-state index contributed by atoms with van der Waals surface area (Å²) >= 11 is 0. The van der Waals surface area contributed by atoms with Gasteiger partial charge >= 0.3 is 6.47 Å². The molecule has 0 N–H and O–H groups in total. The van der Waals surface area contributed by atoms with Gasteiger partial charge in [-0.05, 0) is 7.05 Å². The van der Waals surface area contributed by atoms with E-state index in [1.807, 2.05) is 7.05 Å². The van der Waals surface area contributed by atoms with Gasteiger partial charge in [-0.15, -0.1) is 5.06 Å². The fourth-order valence-electron chi connectivity index (χ4n) is 0.932. The van der Waals surface area contributed by atoms with Gasteiger partial charge in [-0.1, -0.05) is 0 Å². The van der Waals surface area contributed by atoms with Crippen molar-refractivity contribution in [2.45, 2.75) is 0 Å². The fraction of sp³-hybridized carbons (Fsp3) is 0.833. The van der Waals surface area contributed by atoms with Crippen molar-refractivity contribution in [2.75, 3.05) is 33.2 Å². The molecular formula is C6H11N2O2. The molecule has 57 valence electrons. The Labute approximate surface area is 60.3 Å². The van der Waals surface area contributed by atoms with E-state index in [2.05, 4.69) is 9.74 Å². The molecule has 1 saturated heterocycles. The Morgan fingerprint density at radius 1 is 1.30 bits per heavy atom. The minimum Gasteiger partial charge on any atom is -0.359 e. The van der Waals surface area contributed by atoms with Gasteiger partial charge in [0.05, 0.1) is 0 Å². The number of hydroxylamine groups is 2. The van der Waals surface area contributed by atoms with Crippen LogP contribution in [0.5, 0.6) is 0 Å². The number of hydrogen-bond donors (Lipinski definition) is 0. The lowest BCUT2D eigenvalue weighted by atomic mass is 10.4. The maximum Gasteiger partial charge on any atom is 0.438 e. The molecule has 0 aromatic rings. The summed E-state index contributed by atoms with van der Waals surface area (Å²) in [5, 5.41) is 1.62. The molecule has 4 nitrogen and oxygen atoms in total. The summed E-state index contributed by atoms with van der Waals surface area (Å²) in [6.45, 7) is 4.87. The number of piperazine rings is 1. The van der Waals surface area contributed by atoms with Gasteiger partial charge in [0.1, 0.15) is 0 Å². The molecule has 0 atom stereocenters. The average Bonchev–Trinajstić information content (AvgIpc) is 1.95. The van der Waals surface area contributed by atoms with E-state index in [9.17, 15) is 4.79 Å². The first-order valence-electron chi connectivity index (χ1n) is 3.30. The molecule has 0 amide bonds. The molecule has 0 saturated carbocycles. The standard InChI is InChI=1S/C6H11N2O2/c1-7-2-4-8(5-3-7)10-6-9/h2-5H2,1H3. The maximum absolute atomic E-state index is 9.75. The van der Waals surface area contributed by atoms with E-state index >= 15 is 0 Å². The Hall–Kier alpha value is -0.610. The van der Waals surface area contributed by atoms with Crippen LogP contribution in [0.15, 0.2) is 0 Å². The van der Waals surface area contributed by atoms with Crippen LogP contribution in [0.1, 0.15) is 0 Å². The molecule has 0 spiro atoms. The van der Waals surface area contributed by atoms with E-state index < -0.39 is 0 Å². The van der Waals surface area contributed by atoms with E-state index in [0.29, 0.717) is 0 Å². The van der Waals surface area contributed by atoms with E-state index in [1.165, 1.54) is 6.47 Å². The predicted octanol–water partition coefficient (Wildman–Crippen LogP) is -0.767. The summed E-state index contributed by atoms with van der Waals surface area (Å²) < 4.78 is 0. The number of hydrogen-bond acceptors (Lipinski definition) is 4. The van der Waals surface area contributed by atoms with Gasteiger partial charge < -0.3 is 9.74 Å². The quantitative estimate of drug-likeness (QED) is 0.508. The number of rotatable bonds is 2. The highest BCUT2D eigenvalue weighted by Crippen LogP contribution is 1.97. The fourth-order valence-corrected chi connectivity index (χ4v) is 0.932. The van der Waals surface area contributed by atoms with Crippen LogP contribution in [-0.2, 0) is 9.63 Å². The van der Waals surface area contributed by atoms with Crippen molar-refractivity contribution in [1.82, 2.24) is 9.96 Å². The van der Waals surface area contributed by atoms with Crippen LogP contribution in [0.25, 0.3) is 0 Å². The van der Waals surface area contributed by atoms with Crippen LogP contribution < -0.4 is 0 Å². The first-order chi connectivity index (χ1) is 4.83. The molecule has 0 aromatic carbocycles. The first kappa shape index (κ1) is 7.50. The van der Waals surface area contributed by atoms with Crippen molar-refractivity contribution in [3.8, 4) is 0 Å². The maximum atomic E-state index is 9.75. The zero-order valence-corrected chi connectivity index (χ0v) is 6.04. The third kappa shape index (κ3) is 1.97. The van der Waals surface area contributed by atoms with Crippen molar-refractivity contribution >= 4 is 6.47 Å². The van der Waals surface area contributed by atoms with Crippen molar-refractivity contribution in [2.24, 2.45) is 0 Å². The van der Waals surface area contributed by atoms with E-state index in [1.54, 1.807) is 5.06 Å². The topological polar surface area (TPSA) is 32.8 Å². The van der Waals surface area contributed by atoms with Crippen molar-refractivity contribution < 1.29 is 9.63 Å². The van der Waals surface area contributed by atoms with Gasteiger partial charge in [0.2, 0.25) is 0 Å². The number of carbonyl (C=O) groups excluding carboxylic acids is 1. The second-order valence-corrected chi connectivity index (χ2v) is 2.41. The third-order valence-corrected chi connectivity index (χ3v) is 1.63. The summed E-state index contributed by atoms with van der Waals surface area (Å²) in [6, 6.07) is 0. The SMILES string of the molecule is CN1CCN(O[C]=O)CC1. The molecule has 1 fully saturated rings. The van der Waals surface area contributed by atoms with E-state index in [4.69, 9.17) is 0 Å². The smallest absolute Gasteiger partial charge is 0.359 e. The van der Waals surface area contributed by atoms with Crippen LogP contribution >= 0.6 is 0 Å². The summed E-state index contributed by atoms with van der Waals surface area (Å²) in [4.78, 5) is 16.5. The lowest BCUT2D eigenvalue weighted by molar-refractivity contribution is -0.0989. The summed E-state index contributed by atoms with van der Waals surface area (Å²) in [5.74, 6) is 0. The van der Waals surface area contributed by atoms with E-state index in [-0.39, 0.29) is 0 Å². The molecule has 0 aliphatic carbocycles. The molecule has 10 heavy (non-hydrogen) atoms. The Morgan fingerprint density at radius 2 is 1.90 bits per heavy atom. The lowest BCUT2D eigenvalue weighted by Gasteiger charge is -2.29. The molecule has 1 heterocycles. The highest BCUT2D eigenvalue weighted by atomic mass is 16.7. The van der Waals surface area contributed by atoms with E-state index in [0.717, 1.165) is 26.2 Å². The van der Waals surface area contributed by atoms with Crippen LogP contribution in [0.4, 0.5) is 0 Å². The number of likely N-dealkylation sites (N-methyl/N-ethyl adjacent to an activating group) is 1. The van der Waals surface area contributed by atoms with Crippen LogP contribution in [0.3, 0.4) is 0 Å². The van der Waals surface area contributed by atoms with Crippen molar-refractivity contribution in [1.29, 1.82) is 0 Å². The molecule has 1 aliphatic rings. The number of nitrogens with zero attached hydrogens (tertiary/aromatic N) is 2. The summed E-state index contributed by atoms with van der Waals surface area (Å²) in [5.41, 5.74) is 0. The lowest BCUT2D eigenvalue weighted by Crippen LogP contribution is -2.44. The highest BCUT2D eigenvalue weighted by Gasteiger charge is 2.13. The zero-order valence-electron chi connectivity index (χ0n) is 6.04. The van der Waals surface area contributed by atoms with Crippen molar-refractivity contribution in [3.63, 3.8) is 0 Å². The van der Waals surface area contributed by atoms with Gasteiger partial charge in [-0.2, -0.15) is 0 Å². The minimum atomic E-state index is 0.783. The van der Waals surface area contributed by atoms with Crippen LogP contribution in [0.2, 0.25) is 0 Å². The summed E-state index contributed by atoms with van der Waals surface area (Å²) in [6.07, 6.45) is 0. The Bertz CT molecular complexity index is 110. The van der Waals surface area contributed by atoms with Crippen LogP contribution in [-0.4, -0.2) is 49.7 Å².